The molecule has 0 bridgehead atoms. The fourth-order valence-electron chi connectivity index (χ4n) is 3.16. The third-order valence-corrected chi connectivity index (χ3v) is 5.88. The van der Waals surface area contributed by atoms with Crippen LogP contribution in [0.5, 0.6) is 0 Å². The molecule has 0 saturated heterocycles. The molecule has 2 aromatic carbocycles. The number of thiazole rings is 1. The van der Waals surface area contributed by atoms with Crippen molar-refractivity contribution in [2.75, 3.05) is 10.6 Å². The van der Waals surface area contributed by atoms with Gasteiger partial charge in [-0.05, 0) is 30.7 Å². The summed E-state index contributed by atoms with van der Waals surface area (Å²) in [6.45, 7) is 1.98. The van der Waals surface area contributed by atoms with E-state index in [4.69, 9.17) is 0 Å². The second kappa shape index (κ2) is 7.25. The number of anilines is 2. The number of halogens is 1. The summed E-state index contributed by atoms with van der Waals surface area (Å²) in [6.07, 6.45) is 0.132. The molecule has 1 unspecified atom stereocenters. The maximum Gasteiger partial charge on any atom is 0.234 e. The van der Waals surface area contributed by atoms with Crippen molar-refractivity contribution in [2.24, 2.45) is 0 Å². The van der Waals surface area contributed by atoms with E-state index in [1.54, 1.807) is 0 Å². The molecule has 2 amide bonds. The topological polar surface area (TPSA) is 71.1 Å². The highest BCUT2D eigenvalue weighted by Gasteiger charge is 2.31. The van der Waals surface area contributed by atoms with E-state index in [9.17, 15) is 9.59 Å². The molecular formula is C20H16BrN3O2S. The molecule has 1 atom stereocenters. The number of fused-ring (bicyclic) bond motifs is 1. The molecule has 3 aromatic rings. The molecule has 0 saturated carbocycles. The molecule has 0 radical (unpaired) electrons. The average Bonchev–Trinajstić information content (AvgIpc) is 3.01. The van der Waals surface area contributed by atoms with Crippen molar-refractivity contribution in [3.8, 4) is 11.3 Å². The molecule has 4 rings (SSSR count). The Morgan fingerprint density at radius 1 is 1.22 bits per heavy atom. The second-order valence-corrected chi connectivity index (χ2v) is 8.43. The third kappa shape index (κ3) is 3.65. The Balaban J connectivity index is 1.58. The van der Waals surface area contributed by atoms with Crippen molar-refractivity contribution in [1.82, 2.24) is 4.98 Å². The highest BCUT2D eigenvalue weighted by molar-refractivity contribution is 9.10. The van der Waals surface area contributed by atoms with Gasteiger partial charge in [-0.3, -0.25) is 9.59 Å². The predicted octanol–water partition coefficient (Wildman–Crippen LogP) is 4.95. The van der Waals surface area contributed by atoms with Crippen LogP contribution in [0.15, 0.2) is 53.0 Å². The fraction of sp³-hybridized carbons (Fsp3) is 0.150. The highest BCUT2D eigenvalue weighted by Crippen LogP contribution is 2.35. The first-order valence-electron chi connectivity index (χ1n) is 8.44. The van der Waals surface area contributed by atoms with Crippen LogP contribution in [-0.2, 0) is 9.59 Å². The molecule has 2 heterocycles. The molecule has 1 aromatic heterocycles. The zero-order valence-electron chi connectivity index (χ0n) is 14.5. The lowest BCUT2D eigenvalue weighted by atomic mass is 9.90. The lowest BCUT2D eigenvalue weighted by Gasteiger charge is -2.24. The van der Waals surface area contributed by atoms with Gasteiger partial charge in [-0.15, -0.1) is 11.3 Å². The molecule has 0 fully saturated rings. The van der Waals surface area contributed by atoms with Gasteiger partial charge in [-0.2, -0.15) is 0 Å². The number of carbonyl (C=O) groups is 2. The van der Waals surface area contributed by atoms with E-state index in [1.165, 1.54) is 11.3 Å². The Morgan fingerprint density at radius 2 is 1.96 bits per heavy atom. The molecule has 0 aliphatic carbocycles. The second-order valence-electron chi connectivity index (χ2n) is 6.31. The third-order valence-electron chi connectivity index (χ3n) is 4.46. The number of aryl methyl sites for hydroxylation is 1. The van der Waals surface area contributed by atoms with Gasteiger partial charge in [0.2, 0.25) is 11.8 Å². The van der Waals surface area contributed by atoms with Crippen LogP contribution in [0, 0.1) is 6.92 Å². The first-order valence-corrected chi connectivity index (χ1v) is 10.1. The lowest BCUT2D eigenvalue weighted by Crippen LogP contribution is -2.30. The summed E-state index contributed by atoms with van der Waals surface area (Å²) in [5, 5.41) is 6.25. The minimum absolute atomic E-state index is 0.132. The van der Waals surface area contributed by atoms with Gasteiger partial charge in [0, 0.05) is 27.0 Å². The molecular weight excluding hydrogens is 426 g/mol. The zero-order valence-corrected chi connectivity index (χ0v) is 16.9. The van der Waals surface area contributed by atoms with E-state index in [0.717, 1.165) is 26.2 Å². The molecule has 7 heteroatoms. The van der Waals surface area contributed by atoms with E-state index in [1.807, 2.05) is 55.5 Å². The smallest absolute Gasteiger partial charge is 0.234 e. The number of rotatable bonds is 3. The minimum Gasteiger partial charge on any atom is -0.326 e. The van der Waals surface area contributed by atoms with E-state index in [-0.39, 0.29) is 18.2 Å². The van der Waals surface area contributed by atoms with E-state index in [2.05, 4.69) is 31.5 Å². The summed E-state index contributed by atoms with van der Waals surface area (Å²) < 4.78 is 1.00. The van der Waals surface area contributed by atoms with Gasteiger partial charge < -0.3 is 10.6 Å². The average molecular weight is 442 g/mol. The summed E-state index contributed by atoms with van der Waals surface area (Å²) in [5.41, 5.74) is 3.37. The number of carbonyl (C=O) groups excluding carboxylic acids is 2. The van der Waals surface area contributed by atoms with Gasteiger partial charge in [-0.25, -0.2) is 4.98 Å². The molecule has 1 aliphatic rings. The SMILES string of the molecule is Cc1sc(NC(=O)C2CC(=O)Nc3ccccc32)nc1-c1ccc(Br)cc1. The normalized spacial score (nSPS) is 15.8. The first-order chi connectivity index (χ1) is 13.0. The Bertz CT molecular complexity index is 1030. The summed E-state index contributed by atoms with van der Waals surface area (Å²) in [7, 11) is 0. The number of benzene rings is 2. The number of nitrogens with one attached hydrogen (secondary N) is 2. The van der Waals surface area contributed by atoms with Crippen LogP contribution >= 0.6 is 27.3 Å². The van der Waals surface area contributed by atoms with Crippen molar-refractivity contribution >= 4 is 49.9 Å². The standard InChI is InChI=1S/C20H16BrN3O2S/c1-11-18(12-6-8-13(21)9-7-12)23-20(27-11)24-19(26)15-10-17(25)22-16-5-3-2-4-14(15)16/h2-9,15H,10H2,1H3,(H,22,25)(H,23,24,26). The number of nitrogens with zero attached hydrogens (tertiary/aromatic N) is 1. The Kier molecular flexibility index (Phi) is 4.80. The Labute approximate surface area is 169 Å². The van der Waals surface area contributed by atoms with Crippen molar-refractivity contribution in [3.05, 3.63) is 63.4 Å². The van der Waals surface area contributed by atoms with Crippen molar-refractivity contribution in [2.45, 2.75) is 19.3 Å². The summed E-state index contributed by atoms with van der Waals surface area (Å²) in [4.78, 5) is 30.4. The zero-order chi connectivity index (χ0) is 19.0. The molecule has 27 heavy (non-hydrogen) atoms. The summed E-state index contributed by atoms with van der Waals surface area (Å²) in [6, 6.07) is 15.3. The van der Waals surface area contributed by atoms with Gasteiger partial charge in [-0.1, -0.05) is 46.3 Å². The van der Waals surface area contributed by atoms with Gasteiger partial charge in [0.05, 0.1) is 11.6 Å². The molecule has 5 nitrogen and oxygen atoms in total. The number of para-hydroxylation sites is 1. The highest BCUT2D eigenvalue weighted by atomic mass is 79.9. The van der Waals surface area contributed by atoms with Gasteiger partial charge >= 0.3 is 0 Å². The van der Waals surface area contributed by atoms with Crippen LogP contribution in [0.25, 0.3) is 11.3 Å². The van der Waals surface area contributed by atoms with Crippen LogP contribution in [0.2, 0.25) is 0 Å². The summed E-state index contributed by atoms with van der Waals surface area (Å²) in [5.74, 6) is -0.886. The van der Waals surface area contributed by atoms with Gasteiger partial charge in [0.1, 0.15) is 0 Å². The largest absolute Gasteiger partial charge is 0.326 e. The first kappa shape index (κ1) is 17.9. The molecule has 1 aliphatic heterocycles. The lowest BCUT2D eigenvalue weighted by molar-refractivity contribution is -0.123. The number of hydrogen-bond acceptors (Lipinski definition) is 4. The Hall–Kier alpha value is -2.51. The number of hydrogen-bond donors (Lipinski definition) is 2. The molecule has 136 valence electrons. The molecule has 0 spiro atoms. The van der Waals surface area contributed by atoms with Gasteiger partial charge in [0.15, 0.2) is 5.13 Å². The van der Waals surface area contributed by atoms with Crippen molar-refractivity contribution < 1.29 is 9.59 Å². The Morgan fingerprint density at radius 3 is 2.74 bits per heavy atom. The van der Waals surface area contributed by atoms with Gasteiger partial charge in [0.25, 0.3) is 0 Å². The fourth-order valence-corrected chi connectivity index (χ4v) is 4.27. The summed E-state index contributed by atoms with van der Waals surface area (Å²) >= 11 is 4.86. The maximum absolute atomic E-state index is 12.8. The van der Waals surface area contributed by atoms with E-state index in [0.29, 0.717) is 10.8 Å². The monoisotopic (exact) mass is 441 g/mol. The van der Waals surface area contributed by atoms with Crippen LogP contribution in [0.3, 0.4) is 0 Å². The van der Waals surface area contributed by atoms with E-state index < -0.39 is 5.92 Å². The van der Waals surface area contributed by atoms with E-state index >= 15 is 0 Å². The van der Waals surface area contributed by atoms with Crippen molar-refractivity contribution in [3.63, 3.8) is 0 Å². The van der Waals surface area contributed by atoms with Crippen molar-refractivity contribution in [1.29, 1.82) is 0 Å². The van der Waals surface area contributed by atoms with Crippen LogP contribution in [0.4, 0.5) is 10.8 Å². The maximum atomic E-state index is 12.8. The van der Waals surface area contributed by atoms with Crippen LogP contribution in [-0.4, -0.2) is 16.8 Å². The quantitative estimate of drug-likeness (QED) is 0.603. The van der Waals surface area contributed by atoms with Crippen LogP contribution in [0.1, 0.15) is 22.8 Å². The van der Waals surface area contributed by atoms with Crippen LogP contribution < -0.4 is 10.6 Å². The predicted molar refractivity (Wildman–Crippen MR) is 111 cm³/mol. The molecule has 2 N–H and O–H groups in total. The minimum atomic E-state index is -0.518. The number of aromatic nitrogens is 1. The number of amides is 2.